The van der Waals surface area contributed by atoms with Gasteiger partial charge in [-0.05, 0) is 35.0 Å². The maximum absolute atomic E-state index is 5.72. The van der Waals surface area contributed by atoms with Crippen LogP contribution in [-0.2, 0) is 0 Å². The van der Waals surface area contributed by atoms with Crippen molar-refractivity contribution in [1.82, 2.24) is 14.6 Å². The highest BCUT2D eigenvalue weighted by molar-refractivity contribution is 9.10. The van der Waals surface area contributed by atoms with E-state index in [4.69, 9.17) is 11.6 Å². The zero-order chi connectivity index (χ0) is 8.72. The second-order valence-corrected chi connectivity index (χ2v) is 3.55. The zero-order valence-corrected chi connectivity index (χ0v) is 8.59. The lowest BCUT2D eigenvalue weighted by molar-refractivity contribution is 0.898. The van der Waals surface area contributed by atoms with Gasteiger partial charge in [0.05, 0.1) is 5.69 Å². The van der Waals surface area contributed by atoms with Crippen LogP contribution in [0, 0.1) is 6.92 Å². The van der Waals surface area contributed by atoms with E-state index in [9.17, 15) is 0 Å². The molecule has 0 amide bonds. The summed E-state index contributed by atoms with van der Waals surface area (Å²) in [6.45, 7) is 1.92. The molecule has 0 aliphatic carbocycles. The predicted octanol–water partition coefficient (Wildman–Crippen LogP) is 2.45. The Morgan fingerprint density at radius 2 is 2.25 bits per heavy atom. The molecule has 0 N–H and O–H groups in total. The van der Waals surface area contributed by atoms with Gasteiger partial charge in [0.1, 0.15) is 9.76 Å². The molecule has 0 spiro atoms. The normalized spacial score (nSPS) is 10.9. The minimum Gasteiger partial charge on any atom is -0.220 e. The quantitative estimate of drug-likeness (QED) is 0.715. The molecule has 2 heterocycles. The summed E-state index contributed by atoms with van der Waals surface area (Å²) in [5, 5.41) is 4.55. The molecule has 0 aromatic carbocycles. The van der Waals surface area contributed by atoms with Gasteiger partial charge in [-0.3, -0.25) is 0 Å². The van der Waals surface area contributed by atoms with Crippen molar-refractivity contribution in [2.24, 2.45) is 0 Å². The lowest BCUT2D eigenvalue weighted by Gasteiger charge is -1.93. The van der Waals surface area contributed by atoms with E-state index in [0.717, 1.165) is 15.9 Å². The fraction of sp³-hybridized carbons (Fsp3) is 0.143. The van der Waals surface area contributed by atoms with E-state index < -0.39 is 0 Å². The van der Waals surface area contributed by atoms with Gasteiger partial charge in [-0.1, -0.05) is 11.6 Å². The van der Waals surface area contributed by atoms with Crippen LogP contribution in [0.3, 0.4) is 0 Å². The smallest absolute Gasteiger partial charge is 0.155 e. The standard InChI is InChI=1S/C7H5BrClN3/c1-4-7(8)10-6-3-2-5(9)11-12(4)6/h2-3H,1H3. The number of halogens is 2. The average molecular weight is 246 g/mol. The van der Waals surface area contributed by atoms with Crippen LogP contribution in [0.5, 0.6) is 0 Å². The Morgan fingerprint density at radius 3 is 3.00 bits per heavy atom. The Bertz CT molecular complexity index is 437. The van der Waals surface area contributed by atoms with E-state index in [1.165, 1.54) is 0 Å². The molecule has 0 radical (unpaired) electrons. The number of fused-ring (bicyclic) bond motifs is 1. The first-order valence-corrected chi connectivity index (χ1v) is 4.53. The van der Waals surface area contributed by atoms with Gasteiger partial charge in [0, 0.05) is 0 Å². The first-order valence-electron chi connectivity index (χ1n) is 3.36. The first-order chi connectivity index (χ1) is 5.68. The molecule has 0 saturated heterocycles. The second kappa shape index (κ2) is 2.71. The van der Waals surface area contributed by atoms with Crippen LogP contribution in [0.2, 0.25) is 5.15 Å². The Balaban J connectivity index is 2.88. The summed E-state index contributed by atoms with van der Waals surface area (Å²) in [7, 11) is 0. The van der Waals surface area contributed by atoms with Gasteiger partial charge in [-0.15, -0.1) is 0 Å². The van der Waals surface area contributed by atoms with Crippen LogP contribution in [-0.4, -0.2) is 14.6 Å². The molecule has 0 aliphatic rings. The zero-order valence-electron chi connectivity index (χ0n) is 6.25. The van der Waals surface area contributed by atoms with Crippen molar-refractivity contribution in [3.8, 4) is 0 Å². The molecule has 12 heavy (non-hydrogen) atoms. The second-order valence-electron chi connectivity index (χ2n) is 2.41. The molecule has 2 aromatic rings. The molecule has 0 bridgehead atoms. The third-order valence-electron chi connectivity index (χ3n) is 1.61. The van der Waals surface area contributed by atoms with Crippen LogP contribution in [0.25, 0.3) is 5.65 Å². The molecule has 0 unspecified atom stereocenters. The molecule has 0 atom stereocenters. The highest BCUT2D eigenvalue weighted by Gasteiger charge is 2.05. The molecule has 0 aliphatic heterocycles. The molecule has 2 rings (SSSR count). The van der Waals surface area contributed by atoms with Crippen molar-refractivity contribution in [3.63, 3.8) is 0 Å². The first kappa shape index (κ1) is 8.01. The van der Waals surface area contributed by atoms with Crippen LogP contribution in [0.1, 0.15) is 5.69 Å². The molecular formula is C7H5BrClN3. The Labute approximate surface area is 82.5 Å². The molecule has 5 heteroatoms. The van der Waals surface area contributed by atoms with E-state index in [1.54, 1.807) is 10.6 Å². The van der Waals surface area contributed by atoms with Gasteiger partial charge in [0.25, 0.3) is 0 Å². The summed E-state index contributed by atoms with van der Waals surface area (Å²) >= 11 is 9.04. The largest absolute Gasteiger partial charge is 0.220 e. The van der Waals surface area contributed by atoms with Gasteiger partial charge < -0.3 is 0 Å². The van der Waals surface area contributed by atoms with E-state index in [-0.39, 0.29) is 0 Å². The third kappa shape index (κ3) is 1.11. The van der Waals surface area contributed by atoms with E-state index in [1.807, 2.05) is 13.0 Å². The number of rotatable bonds is 0. The van der Waals surface area contributed by atoms with E-state index in [2.05, 4.69) is 26.0 Å². The molecule has 0 fully saturated rings. The number of hydrogen-bond acceptors (Lipinski definition) is 2. The molecule has 0 saturated carbocycles. The van der Waals surface area contributed by atoms with Crippen molar-refractivity contribution in [2.75, 3.05) is 0 Å². The van der Waals surface area contributed by atoms with Gasteiger partial charge >= 0.3 is 0 Å². The van der Waals surface area contributed by atoms with Crippen molar-refractivity contribution in [3.05, 3.63) is 27.6 Å². The van der Waals surface area contributed by atoms with Gasteiger partial charge in [0.15, 0.2) is 5.65 Å². The topological polar surface area (TPSA) is 30.2 Å². The maximum atomic E-state index is 5.72. The lowest BCUT2D eigenvalue weighted by Crippen LogP contribution is -1.92. The monoisotopic (exact) mass is 245 g/mol. The molecule has 2 aromatic heterocycles. The third-order valence-corrected chi connectivity index (χ3v) is 2.56. The number of aromatic nitrogens is 3. The van der Waals surface area contributed by atoms with Crippen LogP contribution in [0.4, 0.5) is 0 Å². The summed E-state index contributed by atoms with van der Waals surface area (Å²) < 4.78 is 2.50. The average Bonchev–Trinajstić information content (AvgIpc) is 2.31. The van der Waals surface area contributed by atoms with Gasteiger partial charge in [-0.25, -0.2) is 9.50 Å². The highest BCUT2D eigenvalue weighted by atomic mass is 79.9. The summed E-state index contributed by atoms with van der Waals surface area (Å²) in [4.78, 5) is 4.21. The van der Waals surface area contributed by atoms with Crippen molar-refractivity contribution < 1.29 is 0 Å². The molecular weight excluding hydrogens is 241 g/mol. The van der Waals surface area contributed by atoms with Gasteiger partial charge in [-0.2, -0.15) is 5.10 Å². The number of nitrogens with zero attached hydrogens (tertiary/aromatic N) is 3. The molecule has 3 nitrogen and oxygen atoms in total. The summed E-state index contributed by atoms with van der Waals surface area (Å²) in [5.74, 6) is 0. The van der Waals surface area contributed by atoms with Crippen molar-refractivity contribution in [2.45, 2.75) is 6.92 Å². The minimum atomic E-state index is 0.468. The van der Waals surface area contributed by atoms with Crippen molar-refractivity contribution >= 4 is 33.2 Å². The Hall–Kier alpha value is -0.610. The lowest BCUT2D eigenvalue weighted by atomic mass is 10.5. The highest BCUT2D eigenvalue weighted by Crippen LogP contribution is 2.17. The Kier molecular flexibility index (Phi) is 1.81. The SMILES string of the molecule is Cc1c(Br)nc2ccc(Cl)nn12. The number of hydrogen-bond donors (Lipinski definition) is 0. The number of imidazole rings is 1. The van der Waals surface area contributed by atoms with Crippen LogP contribution < -0.4 is 0 Å². The Morgan fingerprint density at radius 1 is 1.50 bits per heavy atom. The molecule has 62 valence electrons. The van der Waals surface area contributed by atoms with E-state index >= 15 is 0 Å². The fourth-order valence-electron chi connectivity index (χ4n) is 0.994. The maximum Gasteiger partial charge on any atom is 0.155 e. The predicted molar refractivity (Wildman–Crippen MR) is 50.4 cm³/mol. The summed E-state index contributed by atoms with van der Waals surface area (Å²) in [6.07, 6.45) is 0. The number of aryl methyl sites for hydroxylation is 1. The van der Waals surface area contributed by atoms with Gasteiger partial charge in [0.2, 0.25) is 0 Å². The summed E-state index contributed by atoms with van der Waals surface area (Å²) in [5.41, 5.74) is 1.75. The van der Waals surface area contributed by atoms with Crippen LogP contribution >= 0.6 is 27.5 Å². The van der Waals surface area contributed by atoms with Crippen LogP contribution in [0.15, 0.2) is 16.7 Å². The fourth-order valence-corrected chi connectivity index (χ4v) is 1.48. The summed E-state index contributed by atoms with van der Waals surface area (Å²) in [6, 6.07) is 3.54. The van der Waals surface area contributed by atoms with Crippen molar-refractivity contribution in [1.29, 1.82) is 0 Å². The minimum absolute atomic E-state index is 0.468. The van der Waals surface area contributed by atoms with E-state index in [0.29, 0.717) is 5.15 Å².